The van der Waals surface area contributed by atoms with Crippen molar-refractivity contribution in [3.8, 4) is 33.6 Å². The van der Waals surface area contributed by atoms with Gasteiger partial charge in [0.1, 0.15) is 5.58 Å². The number of aryl methyl sites for hydroxylation is 2. The summed E-state index contributed by atoms with van der Waals surface area (Å²) in [6, 6.07) is 38.0. The molecular weight excluding hydrogens is 765 g/mol. The van der Waals surface area contributed by atoms with E-state index in [9.17, 15) is 0 Å². The van der Waals surface area contributed by atoms with Crippen LogP contribution in [-0.2, 0) is 20.1 Å². The molecule has 4 aromatic carbocycles. The molecule has 1 aliphatic rings. The van der Waals surface area contributed by atoms with Crippen LogP contribution in [0.3, 0.4) is 0 Å². The Morgan fingerprint density at radius 1 is 0.833 bits per heavy atom. The zero-order chi connectivity index (χ0) is 38.3. The summed E-state index contributed by atoms with van der Waals surface area (Å²) in [6.07, 6.45) is 7.09. The second-order valence-electron chi connectivity index (χ2n) is 12.9. The number of aromatic nitrogens is 2. The zero-order valence-corrected chi connectivity index (χ0v) is 29.3. The Labute approximate surface area is 307 Å². The Balaban J connectivity index is 0.000000184. The minimum absolute atomic E-state index is 0. The van der Waals surface area contributed by atoms with Crippen LogP contribution in [0.1, 0.15) is 71.7 Å². The molecular formula is C44H40IrN2O-2. The van der Waals surface area contributed by atoms with Gasteiger partial charge < -0.3 is 14.4 Å². The fourth-order valence-corrected chi connectivity index (χ4v) is 6.23. The minimum Gasteiger partial charge on any atom is -0.501 e. The van der Waals surface area contributed by atoms with Gasteiger partial charge in [-0.15, -0.1) is 47.5 Å². The maximum atomic E-state index is 9.09. The summed E-state index contributed by atoms with van der Waals surface area (Å²) < 4.78 is 60.8. The third kappa shape index (κ3) is 7.21. The molecule has 0 saturated heterocycles. The molecule has 3 aromatic heterocycles. The first-order valence-corrected chi connectivity index (χ1v) is 16.0. The first kappa shape index (κ1) is 25.6. The summed E-state index contributed by atoms with van der Waals surface area (Å²) in [5.41, 5.74) is 7.67. The van der Waals surface area contributed by atoms with Crippen molar-refractivity contribution < 1.29 is 34.1 Å². The standard InChI is InChI=1S/C25H24NO.C19H16N.Ir/c1-25(2)13-10-17(11-14-25)18-12-15-26-22(16-18)21-8-5-7-20-19-6-3-4-9-23(19)27-24(20)21;1-14-8-11-19(20-13-14)17-10-9-15(2)18(12-17)16-6-4-3-5-7-16;/h3-7,9,12,15-17H,10-11,13-14H2,1-2H3;3-9,11-13H,1-2H3;/q2*-1;/i17D;1D3,2D3;. The number of benzene rings is 4. The van der Waals surface area contributed by atoms with E-state index >= 15 is 0 Å². The van der Waals surface area contributed by atoms with Crippen LogP contribution in [0.2, 0.25) is 0 Å². The van der Waals surface area contributed by atoms with Crippen molar-refractivity contribution in [1.29, 1.82) is 0 Å². The Morgan fingerprint density at radius 3 is 2.42 bits per heavy atom. The van der Waals surface area contributed by atoms with E-state index in [1.165, 1.54) is 18.3 Å². The maximum Gasteiger partial charge on any atom is 0.120 e. The van der Waals surface area contributed by atoms with E-state index in [0.717, 1.165) is 70.0 Å². The SMILES string of the molecule is [2H]C([2H])([2H])c1ccc(-c2[c-]cc(C([2H])([2H])[2H])c(-c3ccccc3)c2)nc1.[2H]C1(c2ccnc(-c3[c-]ccc4c3oc3ccccc34)c2)CCC(C)(C)CC1.[Ir]. The molecule has 0 bridgehead atoms. The third-order valence-corrected chi connectivity index (χ3v) is 9.05. The molecule has 0 amide bonds. The zero-order valence-electron chi connectivity index (χ0n) is 33.9. The average molecular weight is 812 g/mol. The average Bonchev–Trinajstić information content (AvgIpc) is 3.55. The van der Waals surface area contributed by atoms with Crippen LogP contribution < -0.4 is 0 Å². The summed E-state index contributed by atoms with van der Waals surface area (Å²) in [5, 5.41) is 2.19. The molecule has 1 saturated carbocycles. The Kier molecular flexibility index (Phi) is 7.69. The van der Waals surface area contributed by atoms with Crippen molar-refractivity contribution in [2.24, 2.45) is 5.41 Å². The molecule has 48 heavy (non-hydrogen) atoms. The third-order valence-electron chi connectivity index (χ3n) is 9.05. The number of nitrogens with zero attached hydrogens (tertiary/aromatic N) is 2. The molecule has 7 aromatic rings. The second kappa shape index (κ2) is 14.4. The van der Waals surface area contributed by atoms with Crippen molar-refractivity contribution in [2.45, 2.75) is 59.1 Å². The summed E-state index contributed by atoms with van der Waals surface area (Å²) in [5.74, 6) is -0.533. The maximum absolute atomic E-state index is 9.09. The van der Waals surface area contributed by atoms with E-state index < -0.39 is 19.6 Å². The second-order valence-corrected chi connectivity index (χ2v) is 12.9. The van der Waals surface area contributed by atoms with Gasteiger partial charge in [0.25, 0.3) is 0 Å². The molecule has 0 aliphatic heterocycles. The van der Waals surface area contributed by atoms with Crippen LogP contribution in [-0.4, -0.2) is 9.97 Å². The van der Waals surface area contributed by atoms with Crippen molar-refractivity contribution in [3.05, 3.63) is 144 Å². The van der Waals surface area contributed by atoms with E-state index in [1.54, 1.807) is 12.1 Å². The van der Waals surface area contributed by atoms with Gasteiger partial charge in [0, 0.05) is 47.5 Å². The van der Waals surface area contributed by atoms with Gasteiger partial charge in [-0.1, -0.05) is 110 Å². The van der Waals surface area contributed by atoms with Crippen LogP contribution in [0.5, 0.6) is 0 Å². The first-order valence-electron chi connectivity index (χ1n) is 19.5. The van der Waals surface area contributed by atoms with E-state index in [4.69, 9.17) is 14.0 Å². The number of hydrogen-bond acceptors (Lipinski definition) is 3. The summed E-state index contributed by atoms with van der Waals surface area (Å²) in [6.45, 7) is 0.137. The van der Waals surface area contributed by atoms with Gasteiger partial charge in [-0.25, -0.2) is 0 Å². The van der Waals surface area contributed by atoms with E-state index in [-0.39, 0.29) is 31.2 Å². The van der Waals surface area contributed by atoms with E-state index in [1.807, 2.05) is 72.9 Å². The number of furan rings is 1. The first-order chi connectivity index (χ1) is 25.6. The molecule has 1 aliphatic carbocycles. The fourth-order valence-electron chi connectivity index (χ4n) is 6.23. The monoisotopic (exact) mass is 812 g/mol. The predicted molar refractivity (Wildman–Crippen MR) is 194 cm³/mol. The van der Waals surface area contributed by atoms with Crippen LogP contribution in [0.4, 0.5) is 0 Å². The Hall–Kier alpha value is -4.37. The van der Waals surface area contributed by atoms with Gasteiger partial charge in [-0.05, 0) is 78.5 Å². The van der Waals surface area contributed by atoms with Crippen LogP contribution in [0, 0.1) is 31.3 Å². The smallest absolute Gasteiger partial charge is 0.120 e. The van der Waals surface area contributed by atoms with Crippen molar-refractivity contribution in [2.75, 3.05) is 0 Å². The molecule has 3 nitrogen and oxygen atoms in total. The normalized spacial score (nSPS) is 17.6. The fraction of sp³-hybridized carbons (Fsp3) is 0.227. The predicted octanol–water partition coefficient (Wildman–Crippen LogP) is 12.0. The molecule has 0 unspecified atom stereocenters. The molecule has 8 rings (SSSR count). The van der Waals surface area contributed by atoms with Crippen molar-refractivity contribution in [3.63, 3.8) is 0 Å². The summed E-state index contributed by atoms with van der Waals surface area (Å²) in [7, 11) is 0. The van der Waals surface area contributed by atoms with E-state index in [2.05, 4.69) is 48.1 Å². The van der Waals surface area contributed by atoms with Gasteiger partial charge in [-0.3, -0.25) is 0 Å². The minimum atomic E-state index is -2.27. The Bertz CT molecular complexity index is 2410. The number of hydrogen-bond donors (Lipinski definition) is 0. The summed E-state index contributed by atoms with van der Waals surface area (Å²) in [4.78, 5) is 8.82. The van der Waals surface area contributed by atoms with Crippen LogP contribution in [0.25, 0.3) is 55.6 Å². The molecule has 0 N–H and O–H groups in total. The van der Waals surface area contributed by atoms with Crippen LogP contribution >= 0.6 is 0 Å². The number of fused-ring (bicyclic) bond motifs is 3. The molecule has 243 valence electrons. The molecule has 4 heteroatoms. The summed E-state index contributed by atoms with van der Waals surface area (Å²) >= 11 is 0. The Morgan fingerprint density at radius 2 is 1.65 bits per heavy atom. The largest absolute Gasteiger partial charge is 0.501 e. The van der Waals surface area contributed by atoms with E-state index in [0.29, 0.717) is 22.2 Å². The van der Waals surface area contributed by atoms with Gasteiger partial charge in [0.05, 0.1) is 5.58 Å². The molecule has 3 heterocycles. The molecule has 1 radical (unpaired) electrons. The molecule has 1 fully saturated rings. The van der Waals surface area contributed by atoms with Crippen molar-refractivity contribution >= 4 is 21.9 Å². The molecule has 0 atom stereocenters. The number of para-hydroxylation sites is 1. The number of pyridine rings is 2. The van der Waals surface area contributed by atoms with Crippen LogP contribution in [0.15, 0.2) is 120 Å². The number of rotatable bonds is 4. The van der Waals surface area contributed by atoms with Gasteiger partial charge in [0.15, 0.2) is 0 Å². The molecule has 0 spiro atoms. The topological polar surface area (TPSA) is 38.9 Å². The van der Waals surface area contributed by atoms with Gasteiger partial charge >= 0.3 is 0 Å². The van der Waals surface area contributed by atoms with Gasteiger partial charge in [-0.2, -0.15) is 0 Å². The quantitative estimate of drug-likeness (QED) is 0.166. The van der Waals surface area contributed by atoms with Crippen molar-refractivity contribution in [1.82, 2.24) is 9.97 Å². The van der Waals surface area contributed by atoms with Gasteiger partial charge in [0.2, 0.25) is 0 Å².